The highest BCUT2D eigenvalue weighted by Crippen LogP contribution is 2.22. The van der Waals surface area contributed by atoms with Gasteiger partial charge in [0.15, 0.2) is 6.10 Å². The van der Waals surface area contributed by atoms with Crippen LogP contribution in [0.2, 0.25) is 0 Å². The lowest BCUT2D eigenvalue weighted by Crippen LogP contribution is -2.44. The molecule has 2 aromatic heterocycles. The molecule has 0 saturated carbocycles. The second-order valence-electron chi connectivity index (χ2n) is 6.50. The number of carbonyl (C=O) groups is 2. The van der Waals surface area contributed by atoms with Crippen LogP contribution in [0.25, 0.3) is 11.1 Å². The molecule has 1 atom stereocenters. The number of hydrogen-bond acceptors (Lipinski definition) is 6. The van der Waals surface area contributed by atoms with Crippen LogP contribution >= 0.6 is 0 Å². The second-order valence-corrected chi connectivity index (χ2v) is 6.50. The van der Waals surface area contributed by atoms with Crippen LogP contribution in [-0.2, 0) is 9.53 Å². The highest BCUT2D eigenvalue weighted by atomic mass is 16.5. The largest absolute Gasteiger partial charge is 0.449 e. The zero-order valence-corrected chi connectivity index (χ0v) is 14.5. The standard InChI is InChI=1S/C17H21N3O5/c1-9-4-6-20(7-5-9)16(22)11(3)25-17(23)12-10(2)24-15-13(12)14(21)18-8-19-15/h8-9,11H,4-7H2,1-3H3,(H,18,19,21)/t11-/m0/s1. The molecule has 0 aromatic carbocycles. The van der Waals surface area contributed by atoms with Crippen molar-refractivity contribution in [3.8, 4) is 0 Å². The molecular weight excluding hydrogens is 326 g/mol. The first kappa shape index (κ1) is 17.2. The van der Waals surface area contributed by atoms with Gasteiger partial charge in [-0.05, 0) is 32.6 Å². The van der Waals surface area contributed by atoms with E-state index < -0.39 is 17.6 Å². The van der Waals surface area contributed by atoms with E-state index in [9.17, 15) is 14.4 Å². The fourth-order valence-electron chi connectivity index (χ4n) is 3.06. The van der Waals surface area contributed by atoms with Crippen molar-refractivity contribution < 1.29 is 18.7 Å². The molecule has 0 radical (unpaired) electrons. The summed E-state index contributed by atoms with van der Waals surface area (Å²) < 4.78 is 10.7. The van der Waals surface area contributed by atoms with Gasteiger partial charge in [0.05, 0.1) is 6.33 Å². The maximum Gasteiger partial charge on any atom is 0.343 e. The Morgan fingerprint density at radius 2 is 2.08 bits per heavy atom. The van der Waals surface area contributed by atoms with Gasteiger partial charge >= 0.3 is 5.97 Å². The normalized spacial score (nSPS) is 16.8. The Labute approximate surface area is 144 Å². The molecule has 0 bridgehead atoms. The maximum absolute atomic E-state index is 12.5. The van der Waals surface area contributed by atoms with Gasteiger partial charge in [-0.1, -0.05) is 6.92 Å². The van der Waals surface area contributed by atoms with Crippen LogP contribution in [0, 0.1) is 12.8 Å². The van der Waals surface area contributed by atoms with Gasteiger partial charge in [0.1, 0.15) is 16.7 Å². The number of nitrogens with one attached hydrogen (secondary N) is 1. The fourth-order valence-corrected chi connectivity index (χ4v) is 3.06. The Bertz CT molecular complexity index is 861. The van der Waals surface area contributed by atoms with Gasteiger partial charge in [-0.3, -0.25) is 9.59 Å². The number of ether oxygens (including phenoxy) is 1. The molecule has 0 aliphatic carbocycles. The van der Waals surface area contributed by atoms with E-state index in [1.165, 1.54) is 6.33 Å². The summed E-state index contributed by atoms with van der Waals surface area (Å²) in [6.07, 6.45) is 2.16. The van der Waals surface area contributed by atoms with E-state index in [1.54, 1.807) is 18.7 Å². The number of piperidine rings is 1. The number of likely N-dealkylation sites (tertiary alicyclic amines) is 1. The minimum atomic E-state index is -0.930. The number of hydrogen-bond donors (Lipinski definition) is 1. The maximum atomic E-state index is 12.5. The van der Waals surface area contributed by atoms with Gasteiger partial charge in [0, 0.05) is 13.1 Å². The van der Waals surface area contributed by atoms with Crippen LogP contribution in [0.4, 0.5) is 0 Å². The first-order chi connectivity index (χ1) is 11.9. The van der Waals surface area contributed by atoms with Crippen molar-refractivity contribution in [2.45, 2.75) is 39.7 Å². The van der Waals surface area contributed by atoms with E-state index in [0.29, 0.717) is 19.0 Å². The number of aryl methyl sites for hydroxylation is 1. The Balaban J connectivity index is 1.77. The minimum absolute atomic E-state index is 0.0104. The highest BCUT2D eigenvalue weighted by Gasteiger charge is 2.29. The SMILES string of the molecule is Cc1oc2nc[nH]c(=O)c2c1C(=O)O[C@@H](C)C(=O)N1CCC(C)CC1. The fraction of sp³-hybridized carbons (Fsp3) is 0.529. The second kappa shape index (κ2) is 6.70. The summed E-state index contributed by atoms with van der Waals surface area (Å²) in [4.78, 5) is 45.0. The molecule has 3 heterocycles. The molecule has 134 valence electrons. The predicted octanol–water partition coefficient (Wildman–Crippen LogP) is 1.63. The van der Waals surface area contributed by atoms with Crippen LogP contribution in [-0.4, -0.2) is 45.9 Å². The highest BCUT2D eigenvalue weighted by molar-refractivity contribution is 6.04. The minimum Gasteiger partial charge on any atom is -0.449 e. The zero-order chi connectivity index (χ0) is 18.1. The van der Waals surface area contributed by atoms with Gasteiger partial charge < -0.3 is 19.0 Å². The Morgan fingerprint density at radius 1 is 1.40 bits per heavy atom. The number of nitrogens with zero attached hydrogens (tertiary/aromatic N) is 2. The molecular formula is C17H21N3O5. The van der Waals surface area contributed by atoms with E-state index >= 15 is 0 Å². The van der Waals surface area contributed by atoms with Crippen molar-refractivity contribution in [1.29, 1.82) is 0 Å². The summed E-state index contributed by atoms with van der Waals surface area (Å²) in [6.45, 7) is 6.58. The number of amides is 1. The summed E-state index contributed by atoms with van der Waals surface area (Å²) in [7, 11) is 0. The van der Waals surface area contributed by atoms with Crippen LogP contribution in [0.1, 0.15) is 42.8 Å². The van der Waals surface area contributed by atoms with E-state index in [2.05, 4.69) is 16.9 Å². The third-order valence-electron chi connectivity index (χ3n) is 4.60. The van der Waals surface area contributed by atoms with Crippen LogP contribution in [0.5, 0.6) is 0 Å². The number of H-pyrrole nitrogens is 1. The smallest absolute Gasteiger partial charge is 0.343 e. The summed E-state index contributed by atoms with van der Waals surface area (Å²) in [6, 6.07) is 0. The van der Waals surface area contributed by atoms with Gasteiger partial charge in [-0.2, -0.15) is 0 Å². The molecule has 2 aromatic rings. The molecule has 3 rings (SSSR count). The van der Waals surface area contributed by atoms with Crippen molar-refractivity contribution in [2.75, 3.05) is 13.1 Å². The number of aromatic amines is 1. The predicted molar refractivity (Wildman–Crippen MR) is 89.2 cm³/mol. The summed E-state index contributed by atoms with van der Waals surface area (Å²) in [5.41, 5.74) is -0.411. The van der Waals surface area contributed by atoms with Gasteiger partial charge in [0.2, 0.25) is 5.71 Å². The lowest BCUT2D eigenvalue weighted by atomic mass is 9.99. The van der Waals surface area contributed by atoms with Gasteiger partial charge in [0.25, 0.3) is 11.5 Å². The van der Waals surface area contributed by atoms with Crippen molar-refractivity contribution in [3.05, 3.63) is 28.0 Å². The van der Waals surface area contributed by atoms with E-state index in [-0.39, 0.29) is 28.3 Å². The number of aromatic nitrogens is 2. The number of fused-ring (bicyclic) bond motifs is 1. The molecule has 1 fully saturated rings. The van der Waals surface area contributed by atoms with Gasteiger partial charge in [-0.15, -0.1) is 0 Å². The molecule has 1 aliphatic rings. The molecule has 1 N–H and O–H groups in total. The molecule has 1 amide bonds. The molecule has 25 heavy (non-hydrogen) atoms. The molecule has 8 heteroatoms. The summed E-state index contributed by atoms with van der Waals surface area (Å²) in [5, 5.41) is 0.0384. The quantitative estimate of drug-likeness (QED) is 0.846. The topological polar surface area (TPSA) is 106 Å². The third-order valence-corrected chi connectivity index (χ3v) is 4.60. The summed E-state index contributed by atoms with van der Waals surface area (Å²) in [5.74, 6) is -0.157. The average molecular weight is 347 g/mol. The van der Waals surface area contributed by atoms with Gasteiger partial charge in [-0.25, -0.2) is 9.78 Å². The van der Waals surface area contributed by atoms with E-state index in [4.69, 9.17) is 9.15 Å². The third kappa shape index (κ3) is 3.29. The molecule has 0 spiro atoms. The van der Waals surface area contributed by atoms with Crippen LogP contribution in [0.3, 0.4) is 0 Å². The zero-order valence-electron chi connectivity index (χ0n) is 14.5. The molecule has 1 aliphatic heterocycles. The van der Waals surface area contributed by atoms with E-state index in [1.807, 2.05) is 0 Å². The van der Waals surface area contributed by atoms with Crippen molar-refractivity contribution in [3.63, 3.8) is 0 Å². The average Bonchev–Trinajstić information content (AvgIpc) is 2.92. The van der Waals surface area contributed by atoms with Crippen molar-refractivity contribution >= 4 is 23.0 Å². The number of esters is 1. The lowest BCUT2D eigenvalue weighted by molar-refractivity contribution is -0.141. The molecule has 8 nitrogen and oxygen atoms in total. The van der Waals surface area contributed by atoms with E-state index in [0.717, 1.165) is 12.8 Å². The van der Waals surface area contributed by atoms with Crippen LogP contribution in [0.15, 0.2) is 15.5 Å². The van der Waals surface area contributed by atoms with Crippen molar-refractivity contribution in [1.82, 2.24) is 14.9 Å². The summed E-state index contributed by atoms with van der Waals surface area (Å²) >= 11 is 0. The Kier molecular flexibility index (Phi) is 4.61. The Morgan fingerprint density at radius 3 is 2.76 bits per heavy atom. The number of carbonyl (C=O) groups excluding carboxylic acids is 2. The number of furan rings is 1. The molecule has 0 unspecified atom stereocenters. The van der Waals surface area contributed by atoms with Crippen LogP contribution < -0.4 is 5.56 Å². The molecule has 1 saturated heterocycles. The first-order valence-electron chi connectivity index (χ1n) is 8.35. The Hall–Kier alpha value is -2.64. The first-order valence-corrected chi connectivity index (χ1v) is 8.35. The number of rotatable bonds is 3. The van der Waals surface area contributed by atoms with Crippen molar-refractivity contribution in [2.24, 2.45) is 5.92 Å². The monoisotopic (exact) mass is 347 g/mol. The lowest BCUT2D eigenvalue weighted by Gasteiger charge is -2.31.